The summed E-state index contributed by atoms with van der Waals surface area (Å²) < 4.78 is 23.9. The number of hydrogen-bond donors (Lipinski definition) is 5. The minimum absolute atomic E-state index is 0.0149. The number of amidine groups is 1. The van der Waals surface area contributed by atoms with Crippen LogP contribution in [-0.4, -0.2) is 25.5 Å². The van der Waals surface area contributed by atoms with Crippen LogP contribution < -0.4 is 26.6 Å². The molecule has 0 spiro atoms. The lowest BCUT2D eigenvalue weighted by molar-refractivity contribution is 0.252. The van der Waals surface area contributed by atoms with Gasteiger partial charge in [0, 0.05) is 16.8 Å². The van der Waals surface area contributed by atoms with Gasteiger partial charge in [0.2, 0.25) is 10.0 Å². The number of hydrazine groups is 1. The van der Waals surface area contributed by atoms with Crippen molar-refractivity contribution in [3.05, 3.63) is 109 Å². The number of urea groups is 1. The average molecular weight is 517 g/mol. The molecule has 0 unspecified atom stereocenters. The van der Waals surface area contributed by atoms with Gasteiger partial charge in [-0.25, -0.2) is 23.8 Å². The second kappa shape index (κ2) is 10.8. The molecular formula is C26H24N6O4S. The van der Waals surface area contributed by atoms with E-state index in [9.17, 15) is 13.2 Å². The van der Waals surface area contributed by atoms with Gasteiger partial charge in [-0.15, -0.1) is 0 Å². The number of carbonyl (C=O) groups excluding carboxylic acids is 1. The van der Waals surface area contributed by atoms with Crippen molar-refractivity contribution in [2.75, 3.05) is 10.3 Å². The first-order chi connectivity index (χ1) is 17.8. The second-order valence-corrected chi connectivity index (χ2v) is 9.42. The smallest absolute Gasteiger partial charge is 0.338 e. The lowest BCUT2D eigenvalue weighted by Crippen LogP contribution is -2.41. The van der Waals surface area contributed by atoms with Gasteiger partial charge in [0.1, 0.15) is 0 Å². The number of amides is 2. The van der Waals surface area contributed by atoms with E-state index in [0.717, 1.165) is 0 Å². The molecule has 37 heavy (non-hydrogen) atoms. The van der Waals surface area contributed by atoms with Crippen LogP contribution in [0.25, 0.3) is 11.1 Å². The zero-order valence-corrected chi connectivity index (χ0v) is 20.3. The van der Waals surface area contributed by atoms with E-state index in [1.807, 2.05) is 30.3 Å². The predicted octanol–water partition coefficient (Wildman–Crippen LogP) is 3.97. The number of para-hydroxylation sites is 1. The Labute approximate surface area is 213 Å². The standard InChI is InChI=1S/C26H24N6O4S/c27-25(31-34)19-7-6-10-22(17-19)32(21-8-2-1-3-9-21)30-26(33)29-20-15-13-18(14-16-20)23-11-4-5-12-24(23)37(28,35)36/h1-17,34H,(H2,27,31)(H2,28,35,36)(H2,29,30,33). The summed E-state index contributed by atoms with van der Waals surface area (Å²) in [5.41, 5.74) is 11.8. The highest BCUT2D eigenvalue weighted by atomic mass is 32.2. The van der Waals surface area contributed by atoms with Crippen LogP contribution in [0.4, 0.5) is 21.9 Å². The van der Waals surface area contributed by atoms with E-state index in [1.165, 1.54) is 6.07 Å². The lowest BCUT2D eigenvalue weighted by Gasteiger charge is -2.26. The van der Waals surface area contributed by atoms with Crippen molar-refractivity contribution >= 4 is 39.0 Å². The van der Waals surface area contributed by atoms with Crippen molar-refractivity contribution in [3.63, 3.8) is 0 Å². The van der Waals surface area contributed by atoms with Gasteiger partial charge in [0.25, 0.3) is 0 Å². The molecule has 4 aromatic carbocycles. The fourth-order valence-electron chi connectivity index (χ4n) is 3.66. The van der Waals surface area contributed by atoms with Gasteiger partial charge in [0.05, 0.1) is 16.3 Å². The Hall–Kier alpha value is -4.87. The minimum Gasteiger partial charge on any atom is -0.409 e. The summed E-state index contributed by atoms with van der Waals surface area (Å²) >= 11 is 0. The highest BCUT2D eigenvalue weighted by Crippen LogP contribution is 2.28. The molecule has 4 aromatic rings. The zero-order valence-electron chi connectivity index (χ0n) is 19.4. The number of primary sulfonamides is 1. The number of benzene rings is 4. The van der Waals surface area contributed by atoms with Crippen molar-refractivity contribution in [3.8, 4) is 11.1 Å². The van der Waals surface area contributed by atoms with Gasteiger partial charge in [-0.05, 0) is 48.0 Å². The Morgan fingerprint density at radius 3 is 2.16 bits per heavy atom. The predicted molar refractivity (Wildman–Crippen MR) is 143 cm³/mol. The molecule has 10 nitrogen and oxygen atoms in total. The highest BCUT2D eigenvalue weighted by Gasteiger charge is 2.16. The number of oxime groups is 1. The van der Waals surface area contributed by atoms with Crippen LogP contribution in [0.3, 0.4) is 0 Å². The van der Waals surface area contributed by atoms with Crippen molar-refractivity contribution in [2.45, 2.75) is 4.90 Å². The molecule has 0 saturated heterocycles. The van der Waals surface area contributed by atoms with E-state index >= 15 is 0 Å². The molecule has 0 aliphatic carbocycles. The van der Waals surface area contributed by atoms with Crippen molar-refractivity contribution in [1.29, 1.82) is 0 Å². The Balaban J connectivity index is 1.56. The lowest BCUT2D eigenvalue weighted by atomic mass is 10.1. The Morgan fingerprint density at radius 1 is 0.838 bits per heavy atom. The van der Waals surface area contributed by atoms with Crippen LogP contribution in [0.2, 0.25) is 0 Å². The molecule has 0 aliphatic rings. The molecule has 0 radical (unpaired) electrons. The summed E-state index contributed by atoms with van der Waals surface area (Å²) in [6.07, 6.45) is 0. The van der Waals surface area contributed by atoms with Crippen LogP contribution in [0.15, 0.2) is 113 Å². The van der Waals surface area contributed by atoms with Crippen LogP contribution in [0, 0.1) is 0 Å². The summed E-state index contributed by atoms with van der Waals surface area (Å²) in [5, 5.41) is 21.7. The van der Waals surface area contributed by atoms with Crippen LogP contribution in [-0.2, 0) is 10.0 Å². The highest BCUT2D eigenvalue weighted by molar-refractivity contribution is 7.89. The molecule has 0 bridgehead atoms. The molecule has 4 rings (SSSR count). The summed E-state index contributed by atoms with van der Waals surface area (Å²) in [4.78, 5) is 13.0. The number of nitrogens with one attached hydrogen (secondary N) is 2. The van der Waals surface area contributed by atoms with Crippen LogP contribution in [0.5, 0.6) is 0 Å². The van der Waals surface area contributed by atoms with Crippen LogP contribution in [0.1, 0.15) is 5.56 Å². The first-order valence-corrected chi connectivity index (χ1v) is 12.5. The van der Waals surface area contributed by atoms with Crippen molar-refractivity contribution in [2.24, 2.45) is 16.0 Å². The van der Waals surface area contributed by atoms with E-state index in [1.54, 1.807) is 71.7 Å². The van der Waals surface area contributed by atoms with E-state index in [0.29, 0.717) is 33.8 Å². The third kappa shape index (κ3) is 6.04. The topological polar surface area (TPSA) is 163 Å². The van der Waals surface area contributed by atoms with Gasteiger partial charge < -0.3 is 16.3 Å². The van der Waals surface area contributed by atoms with Gasteiger partial charge in [-0.3, -0.25) is 5.01 Å². The van der Waals surface area contributed by atoms with E-state index < -0.39 is 16.1 Å². The number of nitrogens with two attached hydrogens (primary N) is 2. The van der Waals surface area contributed by atoms with E-state index in [4.69, 9.17) is 16.1 Å². The van der Waals surface area contributed by atoms with E-state index in [2.05, 4.69) is 15.9 Å². The number of nitrogens with zero attached hydrogens (tertiary/aromatic N) is 2. The van der Waals surface area contributed by atoms with Crippen molar-refractivity contribution < 1.29 is 18.4 Å². The fraction of sp³-hybridized carbons (Fsp3) is 0. The molecule has 0 aromatic heterocycles. The van der Waals surface area contributed by atoms with Gasteiger partial charge in [0.15, 0.2) is 5.84 Å². The molecule has 0 atom stereocenters. The van der Waals surface area contributed by atoms with Gasteiger partial charge >= 0.3 is 6.03 Å². The zero-order chi connectivity index (χ0) is 26.4. The maximum Gasteiger partial charge on any atom is 0.338 e. The van der Waals surface area contributed by atoms with Gasteiger partial charge in [-0.2, -0.15) is 0 Å². The summed E-state index contributed by atoms with van der Waals surface area (Å²) in [5.74, 6) is -0.0663. The molecule has 2 amide bonds. The van der Waals surface area contributed by atoms with E-state index in [-0.39, 0.29) is 10.7 Å². The quantitative estimate of drug-likeness (QED) is 0.108. The third-order valence-corrected chi connectivity index (χ3v) is 6.35. The molecule has 0 heterocycles. The molecule has 188 valence electrons. The number of anilines is 3. The number of hydrogen-bond acceptors (Lipinski definition) is 6. The Morgan fingerprint density at radius 2 is 1.49 bits per heavy atom. The first kappa shape index (κ1) is 25.2. The second-order valence-electron chi connectivity index (χ2n) is 7.89. The van der Waals surface area contributed by atoms with Crippen LogP contribution >= 0.6 is 0 Å². The first-order valence-electron chi connectivity index (χ1n) is 11.0. The SMILES string of the molecule is NC(=NO)c1cccc(N(NC(=O)Nc2ccc(-c3ccccc3S(N)(=O)=O)cc2)c2ccccc2)c1. The average Bonchev–Trinajstić information content (AvgIpc) is 2.92. The maximum atomic E-state index is 12.9. The molecule has 11 heteroatoms. The van der Waals surface area contributed by atoms with Gasteiger partial charge in [-0.1, -0.05) is 65.8 Å². The molecule has 7 N–H and O–H groups in total. The molecule has 0 saturated carbocycles. The normalized spacial score (nSPS) is 11.5. The summed E-state index contributed by atoms with van der Waals surface area (Å²) in [7, 11) is -3.90. The third-order valence-electron chi connectivity index (χ3n) is 5.38. The molecule has 0 fully saturated rings. The maximum absolute atomic E-state index is 12.9. The van der Waals surface area contributed by atoms with Crippen molar-refractivity contribution in [1.82, 2.24) is 5.43 Å². The Bertz CT molecular complexity index is 1540. The summed E-state index contributed by atoms with van der Waals surface area (Å²) in [6, 6.07) is 28.5. The minimum atomic E-state index is -3.90. The number of sulfonamides is 1. The monoisotopic (exact) mass is 516 g/mol. The number of carbonyl (C=O) groups is 1. The summed E-state index contributed by atoms with van der Waals surface area (Å²) in [6.45, 7) is 0. The fourth-order valence-corrected chi connectivity index (χ4v) is 4.42. The largest absolute Gasteiger partial charge is 0.409 e. The molecular weight excluding hydrogens is 492 g/mol. The Kier molecular flexibility index (Phi) is 7.37. The molecule has 0 aliphatic heterocycles. The number of rotatable bonds is 7.